The predicted octanol–water partition coefficient (Wildman–Crippen LogP) is 7.22. The fraction of sp³-hybridized carbons (Fsp3) is 0.487. The molecule has 2 aliphatic heterocycles. The lowest BCUT2D eigenvalue weighted by Crippen LogP contribution is -2.40. The van der Waals surface area contributed by atoms with Gasteiger partial charge in [-0.15, -0.1) is 0 Å². The Morgan fingerprint density at radius 3 is 2.48 bits per heavy atom. The fourth-order valence-corrected chi connectivity index (χ4v) is 7.06. The van der Waals surface area contributed by atoms with E-state index in [4.69, 9.17) is 4.74 Å². The maximum Gasteiger partial charge on any atom is 0.253 e. The standard InChI is InChI=1S/C39H52N4O3/c1-6-30-10-8-9-18-42(19-15-30)26-31-11-13-32(14-12-31)33-23-35(38(44)40-25-36-27(3)22-28(4)41-39(36)45)29(5)37(24-33)43(7-2)34-16-20-46-21-17-34/h10-14,22-24,34H,6-9,15-21,25-26H2,1-5H3,(H,40,44)(H,41,45). The summed E-state index contributed by atoms with van der Waals surface area (Å²) >= 11 is 0. The number of hydrogen-bond donors (Lipinski definition) is 2. The Balaban J connectivity index is 1.43. The lowest BCUT2D eigenvalue weighted by Gasteiger charge is -2.37. The summed E-state index contributed by atoms with van der Waals surface area (Å²) in [5.41, 5.74) is 9.82. The SMILES string of the molecule is CCC1=CCCCN(Cc2ccc(-c3cc(C(=O)NCc4c(C)cc(C)[nH]c4=O)c(C)c(N(CC)C4CCOCC4)c3)cc2)CC1. The van der Waals surface area contributed by atoms with Crippen LogP contribution in [0.4, 0.5) is 5.69 Å². The number of hydrogen-bond acceptors (Lipinski definition) is 5. The summed E-state index contributed by atoms with van der Waals surface area (Å²) in [6, 6.07) is 15.5. The molecule has 2 N–H and O–H groups in total. The van der Waals surface area contributed by atoms with E-state index in [2.05, 4.69) is 70.4 Å². The van der Waals surface area contributed by atoms with Crippen molar-refractivity contribution < 1.29 is 9.53 Å². The van der Waals surface area contributed by atoms with E-state index in [1.165, 1.54) is 18.4 Å². The van der Waals surface area contributed by atoms with Gasteiger partial charge in [-0.2, -0.15) is 0 Å². The lowest BCUT2D eigenvalue weighted by molar-refractivity contribution is 0.0846. The molecule has 2 aliphatic rings. The zero-order chi connectivity index (χ0) is 32.6. The number of carbonyl (C=O) groups is 1. The van der Waals surface area contributed by atoms with Crippen molar-refractivity contribution in [3.05, 3.63) is 98.0 Å². The molecule has 2 aromatic carbocycles. The number of anilines is 1. The maximum atomic E-state index is 13.9. The van der Waals surface area contributed by atoms with Gasteiger partial charge in [-0.25, -0.2) is 0 Å². The van der Waals surface area contributed by atoms with E-state index >= 15 is 0 Å². The van der Waals surface area contributed by atoms with Crippen LogP contribution < -0.4 is 15.8 Å². The zero-order valence-electron chi connectivity index (χ0n) is 28.5. The van der Waals surface area contributed by atoms with Crippen LogP contribution in [0, 0.1) is 20.8 Å². The largest absolute Gasteiger partial charge is 0.381 e. The Labute approximate surface area is 275 Å². The van der Waals surface area contributed by atoms with Crippen LogP contribution in [0.2, 0.25) is 0 Å². The van der Waals surface area contributed by atoms with E-state index in [9.17, 15) is 9.59 Å². The summed E-state index contributed by atoms with van der Waals surface area (Å²) in [4.78, 5) is 34.4. The van der Waals surface area contributed by atoms with Crippen LogP contribution in [0.1, 0.15) is 90.7 Å². The minimum atomic E-state index is -0.169. The number of aromatic nitrogens is 1. The molecule has 0 atom stereocenters. The quantitative estimate of drug-likeness (QED) is 0.233. The number of allylic oxidation sites excluding steroid dienone is 1. The van der Waals surface area contributed by atoms with Gasteiger partial charge in [0.2, 0.25) is 0 Å². The van der Waals surface area contributed by atoms with Gasteiger partial charge in [0, 0.05) is 67.9 Å². The van der Waals surface area contributed by atoms with E-state index < -0.39 is 0 Å². The lowest BCUT2D eigenvalue weighted by atomic mass is 9.94. The molecular formula is C39H52N4O3. The first-order valence-corrected chi connectivity index (χ1v) is 17.2. The Hall–Kier alpha value is -3.68. The number of benzene rings is 2. The van der Waals surface area contributed by atoms with Gasteiger partial charge in [0.05, 0.1) is 0 Å². The molecule has 5 rings (SSSR count). The molecule has 0 bridgehead atoms. The predicted molar refractivity (Wildman–Crippen MR) is 189 cm³/mol. The fourth-order valence-electron chi connectivity index (χ4n) is 7.06. The van der Waals surface area contributed by atoms with Gasteiger partial charge in [-0.3, -0.25) is 14.5 Å². The van der Waals surface area contributed by atoms with E-state index in [1.807, 2.05) is 32.9 Å². The van der Waals surface area contributed by atoms with Gasteiger partial charge in [0.15, 0.2) is 0 Å². The van der Waals surface area contributed by atoms with Gasteiger partial charge >= 0.3 is 0 Å². The summed E-state index contributed by atoms with van der Waals surface area (Å²) in [6.45, 7) is 16.0. The highest BCUT2D eigenvalue weighted by Crippen LogP contribution is 2.34. The monoisotopic (exact) mass is 624 g/mol. The molecule has 0 saturated carbocycles. The second kappa shape index (κ2) is 15.7. The van der Waals surface area contributed by atoms with Gasteiger partial charge in [0.1, 0.15) is 0 Å². The molecule has 7 heteroatoms. The molecule has 3 aromatic rings. The third kappa shape index (κ3) is 8.18. The third-order valence-corrected chi connectivity index (χ3v) is 9.83. The molecule has 0 spiro atoms. The molecule has 3 heterocycles. The van der Waals surface area contributed by atoms with Crippen LogP contribution in [0.25, 0.3) is 11.1 Å². The Bertz CT molecular complexity index is 1580. The molecule has 1 amide bonds. The van der Waals surface area contributed by atoms with Crippen LogP contribution in [-0.2, 0) is 17.8 Å². The van der Waals surface area contributed by atoms with Crippen molar-refractivity contribution >= 4 is 11.6 Å². The van der Waals surface area contributed by atoms with E-state index in [1.54, 1.807) is 5.57 Å². The van der Waals surface area contributed by atoms with Crippen LogP contribution >= 0.6 is 0 Å². The number of nitrogens with zero attached hydrogens (tertiary/aromatic N) is 2. The second-order valence-electron chi connectivity index (χ2n) is 13.0. The summed E-state index contributed by atoms with van der Waals surface area (Å²) in [5.74, 6) is -0.169. The van der Waals surface area contributed by atoms with Crippen molar-refractivity contribution in [1.82, 2.24) is 15.2 Å². The highest BCUT2D eigenvalue weighted by atomic mass is 16.5. The summed E-state index contributed by atoms with van der Waals surface area (Å²) in [5, 5.41) is 3.06. The molecule has 1 aromatic heterocycles. The zero-order valence-corrected chi connectivity index (χ0v) is 28.5. The first kappa shape index (κ1) is 33.7. The van der Waals surface area contributed by atoms with Crippen molar-refractivity contribution in [2.24, 2.45) is 0 Å². The van der Waals surface area contributed by atoms with E-state index in [0.29, 0.717) is 17.2 Å². The normalized spacial score (nSPS) is 16.4. The average molecular weight is 625 g/mol. The van der Waals surface area contributed by atoms with Crippen molar-refractivity contribution in [2.75, 3.05) is 37.7 Å². The number of amides is 1. The molecule has 7 nitrogen and oxygen atoms in total. The van der Waals surface area contributed by atoms with E-state index in [0.717, 1.165) is 98.7 Å². The second-order valence-corrected chi connectivity index (χ2v) is 13.0. The first-order valence-electron chi connectivity index (χ1n) is 17.2. The van der Waals surface area contributed by atoms with Crippen molar-refractivity contribution in [2.45, 2.75) is 92.3 Å². The molecule has 246 valence electrons. The smallest absolute Gasteiger partial charge is 0.253 e. The maximum absolute atomic E-state index is 13.9. The Morgan fingerprint density at radius 2 is 1.78 bits per heavy atom. The van der Waals surface area contributed by atoms with Gasteiger partial charge < -0.3 is 19.9 Å². The average Bonchev–Trinajstić information content (AvgIpc) is 3.04. The van der Waals surface area contributed by atoms with Crippen LogP contribution in [0.5, 0.6) is 0 Å². The number of ether oxygens (including phenoxy) is 1. The minimum Gasteiger partial charge on any atom is -0.381 e. The molecular weight excluding hydrogens is 572 g/mol. The van der Waals surface area contributed by atoms with Crippen LogP contribution in [-0.4, -0.2) is 54.7 Å². The number of rotatable bonds is 10. The van der Waals surface area contributed by atoms with Crippen LogP contribution in [0.15, 0.2) is 58.9 Å². The number of aryl methyl sites for hydroxylation is 2. The molecule has 1 fully saturated rings. The number of nitrogens with one attached hydrogen (secondary N) is 2. The Morgan fingerprint density at radius 1 is 1.02 bits per heavy atom. The summed E-state index contributed by atoms with van der Waals surface area (Å²) in [7, 11) is 0. The molecule has 0 aliphatic carbocycles. The molecule has 0 unspecified atom stereocenters. The first-order chi connectivity index (χ1) is 22.3. The molecule has 0 radical (unpaired) electrons. The number of carbonyl (C=O) groups excluding carboxylic acids is 1. The summed E-state index contributed by atoms with van der Waals surface area (Å²) < 4.78 is 5.68. The van der Waals surface area contributed by atoms with Crippen molar-refractivity contribution in [1.29, 1.82) is 0 Å². The van der Waals surface area contributed by atoms with Gasteiger partial charge in [-0.1, -0.05) is 42.8 Å². The molecule has 46 heavy (non-hydrogen) atoms. The van der Waals surface area contributed by atoms with Crippen molar-refractivity contribution in [3.63, 3.8) is 0 Å². The minimum absolute atomic E-state index is 0.154. The van der Waals surface area contributed by atoms with Crippen molar-refractivity contribution in [3.8, 4) is 11.1 Å². The molecule has 1 saturated heterocycles. The highest BCUT2D eigenvalue weighted by molar-refractivity contribution is 5.99. The number of pyridine rings is 1. The highest BCUT2D eigenvalue weighted by Gasteiger charge is 2.25. The topological polar surface area (TPSA) is 77.7 Å². The van der Waals surface area contributed by atoms with E-state index in [-0.39, 0.29) is 18.0 Å². The Kier molecular flexibility index (Phi) is 11.5. The third-order valence-electron chi connectivity index (χ3n) is 9.83. The van der Waals surface area contributed by atoms with Gasteiger partial charge in [0.25, 0.3) is 11.5 Å². The van der Waals surface area contributed by atoms with Crippen LogP contribution in [0.3, 0.4) is 0 Å². The van der Waals surface area contributed by atoms with Gasteiger partial charge in [-0.05, 0) is 119 Å². The summed E-state index contributed by atoms with van der Waals surface area (Å²) in [6.07, 6.45) is 9.07. The number of aromatic amines is 1. The number of H-pyrrole nitrogens is 1.